The number of carbonyl (C=O) groups excluding carboxylic acids is 1. The smallest absolute Gasteiger partial charge is 0.242 e. The molecule has 0 aliphatic carbocycles. The number of amides is 1. The highest BCUT2D eigenvalue weighted by atomic mass is 16.2. The van der Waals surface area contributed by atoms with Crippen molar-refractivity contribution in [1.82, 2.24) is 4.90 Å². The average Bonchev–Trinajstić information content (AvgIpc) is 2.66. The summed E-state index contributed by atoms with van der Waals surface area (Å²) < 4.78 is 0. The maximum Gasteiger partial charge on any atom is 0.242 e. The quantitative estimate of drug-likeness (QED) is 0.694. The number of carbonyl (C=O) groups is 1. The first kappa shape index (κ1) is 18.3. The Morgan fingerprint density at radius 1 is 1.16 bits per heavy atom. The second kappa shape index (κ2) is 9.29. The molecule has 2 aromatic carbocycles. The molecule has 0 bridgehead atoms. The van der Waals surface area contributed by atoms with Crippen LogP contribution in [0.15, 0.2) is 67.3 Å². The summed E-state index contributed by atoms with van der Waals surface area (Å²) in [5.74, 6) is 0.0509. The van der Waals surface area contributed by atoms with Crippen molar-refractivity contribution in [3.63, 3.8) is 0 Å². The Balaban J connectivity index is 2.08. The molecule has 2 rings (SSSR count). The van der Waals surface area contributed by atoms with Gasteiger partial charge in [-0.3, -0.25) is 4.79 Å². The second-order valence-electron chi connectivity index (χ2n) is 5.72. The van der Waals surface area contributed by atoms with E-state index in [0.717, 1.165) is 17.8 Å². The molecule has 0 N–H and O–H groups in total. The topological polar surface area (TPSA) is 47.3 Å². The molecule has 0 fully saturated rings. The van der Waals surface area contributed by atoms with Gasteiger partial charge in [-0.15, -0.1) is 6.58 Å². The Morgan fingerprint density at radius 3 is 2.40 bits per heavy atom. The third-order valence-corrected chi connectivity index (χ3v) is 3.99. The van der Waals surface area contributed by atoms with E-state index >= 15 is 0 Å². The molecule has 4 nitrogen and oxygen atoms in total. The molecule has 0 radical (unpaired) electrons. The van der Waals surface area contributed by atoms with E-state index in [2.05, 4.69) is 17.5 Å². The Labute approximate surface area is 149 Å². The van der Waals surface area contributed by atoms with E-state index < -0.39 is 0 Å². The van der Waals surface area contributed by atoms with E-state index in [1.165, 1.54) is 0 Å². The molecule has 2 aromatic rings. The first-order valence-electron chi connectivity index (χ1n) is 8.35. The van der Waals surface area contributed by atoms with Crippen LogP contribution in [-0.2, 0) is 11.3 Å². The minimum atomic E-state index is 0.0509. The van der Waals surface area contributed by atoms with E-state index in [-0.39, 0.29) is 5.91 Å². The Morgan fingerprint density at radius 2 is 1.84 bits per heavy atom. The van der Waals surface area contributed by atoms with Gasteiger partial charge in [-0.25, -0.2) is 0 Å². The Bertz CT molecular complexity index is 732. The van der Waals surface area contributed by atoms with Crippen LogP contribution in [0.5, 0.6) is 0 Å². The third-order valence-electron chi connectivity index (χ3n) is 3.99. The van der Waals surface area contributed by atoms with Crippen LogP contribution in [0.3, 0.4) is 0 Å². The van der Waals surface area contributed by atoms with Gasteiger partial charge in [0.25, 0.3) is 0 Å². The van der Waals surface area contributed by atoms with Crippen molar-refractivity contribution in [2.75, 3.05) is 24.5 Å². The highest BCUT2D eigenvalue weighted by molar-refractivity contribution is 5.81. The molecular weight excluding hydrogens is 310 g/mol. The van der Waals surface area contributed by atoms with Gasteiger partial charge in [-0.05, 0) is 36.8 Å². The van der Waals surface area contributed by atoms with Crippen LogP contribution in [0.1, 0.15) is 18.1 Å². The number of hydrogen-bond acceptors (Lipinski definition) is 3. The third kappa shape index (κ3) is 5.22. The zero-order chi connectivity index (χ0) is 18.1. The van der Waals surface area contributed by atoms with Crippen LogP contribution in [0.4, 0.5) is 5.69 Å². The van der Waals surface area contributed by atoms with Crippen LogP contribution >= 0.6 is 0 Å². The number of hydrogen-bond donors (Lipinski definition) is 0. The summed E-state index contributed by atoms with van der Waals surface area (Å²) in [6.07, 6.45) is 1.74. The van der Waals surface area contributed by atoms with E-state index in [9.17, 15) is 4.79 Å². The highest BCUT2D eigenvalue weighted by Gasteiger charge is 2.16. The van der Waals surface area contributed by atoms with Crippen LogP contribution in [0, 0.1) is 11.3 Å². The van der Waals surface area contributed by atoms with E-state index in [0.29, 0.717) is 25.2 Å². The maximum atomic E-state index is 12.8. The predicted octanol–water partition coefficient (Wildman–Crippen LogP) is 3.60. The molecule has 4 heteroatoms. The van der Waals surface area contributed by atoms with Gasteiger partial charge in [-0.1, -0.05) is 36.4 Å². The predicted molar refractivity (Wildman–Crippen MR) is 101 cm³/mol. The van der Waals surface area contributed by atoms with Crippen LogP contribution < -0.4 is 4.90 Å². The van der Waals surface area contributed by atoms with Gasteiger partial charge in [0, 0.05) is 25.3 Å². The molecule has 1 amide bonds. The molecule has 0 atom stereocenters. The number of rotatable bonds is 8. The number of nitrogens with zero attached hydrogens (tertiary/aromatic N) is 3. The lowest BCUT2D eigenvalue weighted by Gasteiger charge is -2.27. The molecule has 0 saturated heterocycles. The summed E-state index contributed by atoms with van der Waals surface area (Å²) >= 11 is 0. The highest BCUT2D eigenvalue weighted by Crippen LogP contribution is 2.14. The Hall–Kier alpha value is -3.06. The van der Waals surface area contributed by atoms with Crippen molar-refractivity contribution in [1.29, 1.82) is 5.26 Å². The molecule has 0 aliphatic rings. The fourth-order valence-corrected chi connectivity index (χ4v) is 2.60. The summed E-state index contributed by atoms with van der Waals surface area (Å²) in [4.78, 5) is 16.6. The van der Waals surface area contributed by atoms with E-state index in [1.807, 2.05) is 49.4 Å². The largest absolute Gasteiger partial charge is 0.362 e. The SMILES string of the molecule is C=CCN(Cc1ccc(C#N)cc1)C(=O)CN(CC)c1ccccc1. The van der Waals surface area contributed by atoms with Gasteiger partial charge < -0.3 is 9.80 Å². The molecule has 25 heavy (non-hydrogen) atoms. The van der Waals surface area contributed by atoms with Crippen molar-refractivity contribution in [3.05, 3.63) is 78.4 Å². The lowest BCUT2D eigenvalue weighted by Crippen LogP contribution is -2.40. The fourth-order valence-electron chi connectivity index (χ4n) is 2.60. The van der Waals surface area contributed by atoms with E-state index in [4.69, 9.17) is 5.26 Å². The van der Waals surface area contributed by atoms with E-state index in [1.54, 1.807) is 23.1 Å². The van der Waals surface area contributed by atoms with Crippen LogP contribution in [0.25, 0.3) is 0 Å². The first-order valence-corrected chi connectivity index (χ1v) is 8.35. The number of benzene rings is 2. The Kier molecular flexibility index (Phi) is 6.79. The monoisotopic (exact) mass is 333 g/mol. The summed E-state index contributed by atoms with van der Waals surface area (Å²) in [5.41, 5.74) is 2.65. The normalized spacial score (nSPS) is 9.92. The fraction of sp³-hybridized carbons (Fsp3) is 0.238. The van der Waals surface area contributed by atoms with Gasteiger partial charge in [0.1, 0.15) is 0 Å². The summed E-state index contributed by atoms with van der Waals surface area (Å²) in [6.45, 7) is 7.88. The lowest BCUT2D eigenvalue weighted by atomic mass is 10.1. The number of anilines is 1. The summed E-state index contributed by atoms with van der Waals surface area (Å²) in [5, 5.41) is 8.88. The zero-order valence-electron chi connectivity index (χ0n) is 14.6. The summed E-state index contributed by atoms with van der Waals surface area (Å²) in [6, 6.07) is 19.3. The van der Waals surface area contributed by atoms with Crippen molar-refractivity contribution >= 4 is 11.6 Å². The molecule has 0 aromatic heterocycles. The standard InChI is InChI=1S/C21H23N3O/c1-3-14-24(16-19-12-10-18(15-22)11-13-19)21(25)17-23(4-2)20-8-6-5-7-9-20/h3,5-13H,1,4,14,16-17H2,2H3. The minimum Gasteiger partial charge on any atom is -0.362 e. The van der Waals surface area contributed by atoms with Crippen molar-refractivity contribution < 1.29 is 4.79 Å². The second-order valence-corrected chi connectivity index (χ2v) is 5.72. The molecule has 128 valence electrons. The van der Waals surface area contributed by atoms with Crippen LogP contribution in [0.2, 0.25) is 0 Å². The zero-order valence-corrected chi connectivity index (χ0v) is 14.6. The molecule has 0 heterocycles. The van der Waals surface area contributed by atoms with Gasteiger partial charge in [-0.2, -0.15) is 5.26 Å². The number of para-hydroxylation sites is 1. The van der Waals surface area contributed by atoms with Crippen molar-refractivity contribution in [2.45, 2.75) is 13.5 Å². The van der Waals surface area contributed by atoms with Gasteiger partial charge in [0.15, 0.2) is 0 Å². The molecule has 0 spiro atoms. The maximum absolute atomic E-state index is 12.8. The lowest BCUT2D eigenvalue weighted by molar-refractivity contribution is -0.129. The van der Waals surface area contributed by atoms with Crippen molar-refractivity contribution in [3.8, 4) is 6.07 Å². The summed E-state index contributed by atoms with van der Waals surface area (Å²) in [7, 11) is 0. The van der Waals surface area contributed by atoms with Gasteiger partial charge in [0.05, 0.1) is 18.2 Å². The van der Waals surface area contributed by atoms with Gasteiger partial charge >= 0.3 is 0 Å². The van der Waals surface area contributed by atoms with Gasteiger partial charge in [0.2, 0.25) is 5.91 Å². The van der Waals surface area contributed by atoms with Crippen molar-refractivity contribution in [2.24, 2.45) is 0 Å². The average molecular weight is 333 g/mol. The molecule has 0 unspecified atom stereocenters. The molecule has 0 saturated carbocycles. The minimum absolute atomic E-state index is 0.0509. The molecule has 0 aliphatic heterocycles. The molecular formula is C21H23N3O. The number of nitriles is 1. The number of likely N-dealkylation sites (N-methyl/N-ethyl adjacent to an activating group) is 1. The first-order chi connectivity index (χ1) is 12.2. The van der Waals surface area contributed by atoms with Crippen LogP contribution in [-0.4, -0.2) is 30.4 Å².